The smallest absolute Gasteiger partial charge is 0.0476 e. The minimum absolute atomic E-state index is 0.997. The van der Waals surface area contributed by atoms with Gasteiger partial charge in [0, 0.05) is 107 Å². The maximum atomic E-state index is 4.29. The van der Waals surface area contributed by atoms with E-state index in [2.05, 4.69) is 272 Å². The third-order valence-corrected chi connectivity index (χ3v) is 17.4. The van der Waals surface area contributed by atoms with Crippen molar-refractivity contribution in [2.45, 2.75) is 27.2 Å². The molecule has 0 aliphatic rings. The molecular weight excluding hydrogens is 955 g/mol. The maximum Gasteiger partial charge on any atom is 0.0476 e. The molecule has 0 bridgehead atoms. The molecule has 0 atom stereocenters. The van der Waals surface area contributed by atoms with E-state index in [1.165, 1.54) is 72.0 Å². The Hall–Kier alpha value is -8.26. The molecule has 3 aromatic heterocycles. The highest BCUT2D eigenvalue weighted by Crippen LogP contribution is 2.46. The molecular formula is C68H53N3S3. The van der Waals surface area contributed by atoms with Crippen molar-refractivity contribution in [2.75, 3.05) is 14.7 Å². The summed E-state index contributed by atoms with van der Waals surface area (Å²) in [5, 5.41) is 6.31. The van der Waals surface area contributed by atoms with Gasteiger partial charge in [0.1, 0.15) is 0 Å². The fourth-order valence-electron chi connectivity index (χ4n) is 10.3. The lowest BCUT2D eigenvalue weighted by Crippen LogP contribution is -2.14. The van der Waals surface area contributed by atoms with Crippen molar-refractivity contribution < 1.29 is 0 Å². The Labute approximate surface area is 445 Å². The van der Waals surface area contributed by atoms with E-state index in [0.717, 1.165) is 57.6 Å². The van der Waals surface area contributed by atoms with Crippen molar-refractivity contribution >= 4 is 136 Å². The van der Waals surface area contributed by atoms with Crippen molar-refractivity contribution in [2.24, 2.45) is 0 Å². The van der Waals surface area contributed by atoms with Gasteiger partial charge in [-0.2, -0.15) is 0 Å². The van der Waals surface area contributed by atoms with Crippen LogP contribution < -0.4 is 14.7 Å². The average molecular weight is 1010 g/mol. The quantitative estimate of drug-likeness (QED) is 0.101. The monoisotopic (exact) mass is 1010 g/mol. The van der Waals surface area contributed by atoms with E-state index in [1.807, 2.05) is 47.0 Å². The van der Waals surface area contributed by atoms with Crippen LogP contribution in [0.4, 0.5) is 45.5 Å². The van der Waals surface area contributed by atoms with Gasteiger partial charge in [0.25, 0.3) is 0 Å². The van der Waals surface area contributed by atoms with Gasteiger partial charge in [0.15, 0.2) is 0 Å². The SMILES string of the molecule is C=C/C(=C\C=C/C)N(c1ccc(-c2ccc3sc(CC)c(/C=C\C)c3c2)cc1)c1ccc2c(c1)sc1ccc(N(c3ccccc3)c3ccc4c(c3)sc3ccc(N(c5ccccc5)c5ccccc5)cc34)cc12. The zero-order valence-corrected chi connectivity index (χ0v) is 44.0. The number of benzene rings is 9. The van der Waals surface area contributed by atoms with Gasteiger partial charge in [0.2, 0.25) is 0 Å². The number of para-hydroxylation sites is 3. The van der Waals surface area contributed by atoms with Gasteiger partial charge in [-0.05, 0) is 170 Å². The summed E-state index contributed by atoms with van der Waals surface area (Å²) in [7, 11) is 0. The van der Waals surface area contributed by atoms with Crippen molar-refractivity contribution in [3.63, 3.8) is 0 Å². The van der Waals surface area contributed by atoms with E-state index in [4.69, 9.17) is 0 Å². The Morgan fingerprint density at radius 2 is 0.892 bits per heavy atom. The van der Waals surface area contributed by atoms with Crippen LogP contribution >= 0.6 is 34.0 Å². The molecule has 0 amide bonds. The number of allylic oxidation sites excluding steroid dienone is 5. The van der Waals surface area contributed by atoms with Crippen molar-refractivity contribution in [1.29, 1.82) is 0 Å². The van der Waals surface area contributed by atoms with Gasteiger partial charge in [-0.15, -0.1) is 34.0 Å². The third-order valence-electron chi connectivity index (χ3n) is 13.8. The van der Waals surface area contributed by atoms with Crippen LogP contribution in [0, 0.1) is 0 Å². The van der Waals surface area contributed by atoms with E-state index in [0.29, 0.717) is 0 Å². The summed E-state index contributed by atoms with van der Waals surface area (Å²) in [6.45, 7) is 10.7. The molecule has 0 saturated carbocycles. The molecule has 12 aromatic rings. The first-order chi connectivity index (χ1) is 36.5. The van der Waals surface area contributed by atoms with Gasteiger partial charge in [-0.25, -0.2) is 0 Å². The largest absolute Gasteiger partial charge is 0.310 e. The molecule has 3 heterocycles. The summed E-state index contributed by atoms with van der Waals surface area (Å²) >= 11 is 5.60. The van der Waals surface area contributed by atoms with Crippen LogP contribution in [0.5, 0.6) is 0 Å². The molecule has 6 heteroatoms. The summed E-state index contributed by atoms with van der Waals surface area (Å²) < 4.78 is 6.33. The molecule has 0 N–H and O–H groups in total. The Bertz CT molecular complexity index is 4060. The minimum Gasteiger partial charge on any atom is -0.310 e. The van der Waals surface area contributed by atoms with Crippen LogP contribution in [0.25, 0.3) is 67.6 Å². The zero-order chi connectivity index (χ0) is 50.1. The lowest BCUT2D eigenvalue weighted by molar-refractivity contribution is 1.18. The van der Waals surface area contributed by atoms with E-state index >= 15 is 0 Å². The zero-order valence-electron chi connectivity index (χ0n) is 41.6. The first-order valence-corrected chi connectivity index (χ1v) is 27.7. The highest BCUT2D eigenvalue weighted by Gasteiger charge is 2.20. The molecule has 358 valence electrons. The highest BCUT2D eigenvalue weighted by atomic mass is 32.1. The average Bonchev–Trinajstić information content (AvgIpc) is 4.13. The lowest BCUT2D eigenvalue weighted by Gasteiger charge is -2.26. The molecule has 74 heavy (non-hydrogen) atoms. The minimum atomic E-state index is 0.997. The first kappa shape index (κ1) is 46.8. The van der Waals surface area contributed by atoms with Gasteiger partial charge in [-0.1, -0.05) is 123 Å². The molecule has 0 saturated heterocycles. The summed E-state index contributed by atoms with van der Waals surface area (Å²) in [5.74, 6) is 0. The fraction of sp³-hybridized carbons (Fsp3) is 0.0588. The maximum absolute atomic E-state index is 4.29. The Balaban J connectivity index is 0.903. The Morgan fingerprint density at radius 3 is 1.43 bits per heavy atom. The predicted molar refractivity (Wildman–Crippen MR) is 328 cm³/mol. The topological polar surface area (TPSA) is 9.72 Å². The first-order valence-electron chi connectivity index (χ1n) is 25.2. The van der Waals surface area contributed by atoms with Gasteiger partial charge in [-0.3, -0.25) is 0 Å². The molecule has 3 nitrogen and oxygen atoms in total. The second-order valence-electron chi connectivity index (χ2n) is 18.3. The number of nitrogens with zero attached hydrogens (tertiary/aromatic N) is 3. The molecule has 0 aliphatic heterocycles. The van der Waals surface area contributed by atoms with Crippen molar-refractivity contribution in [3.05, 3.63) is 259 Å². The second kappa shape index (κ2) is 20.3. The Kier molecular flexibility index (Phi) is 12.9. The van der Waals surface area contributed by atoms with Gasteiger partial charge >= 0.3 is 0 Å². The fourth-order valence-corrected chi connectivity index (χ4v) is 13.7. The number of hydrogen-bond donors (Lipinski definition) is 0. The lowest BCUT2D eigenvalue weighted by atomic mass is 10.0. The molecule has 0 spiro atoms. The molecule has 0 radical (unpaired) electrons. The normalized spacial score (nSPS) is 12.1. The molecule has 0 fully saturated rings. The van der Waals surface area contributed by atoms with Crippen LogP contribution in [0.3, 0.4) is 0 Å². The van der Waals surface area contributed by atoms with Crippen LogP contribution in [0.2, 0.25) is 0 Å². The second-order valence-corrected chi connectivity index (χ2v) is 21.6. The molecule has 0 aliphatic carbocycles. The van der Waals surface area contributed by atoms with Gasteiger partial charge < -0.3 is 14.7 Å². The number of anilines is 8. The van der Waals surface area contributed by atoms with E-state index in [-0.39, 0.29) is 0 Å². The standard InChI is InChI=1S/C68H53N3S3/c1-5-9-20-48(7-3)69(52-30-27-46(28-31-52)47-29-38-64-60(41-47)57(19-6-2)63(8-4)72-64)55-32-36-58-62-43-54(35-40-66(62)73-67(58)44-55)71(51-25-17-12-18-26-51)56-33-37-59-61-42-53(34-39-65(61)74-68(59)45-56)70(49-21-13-10-14-22-49)50-23-15-11-16-24-50/h5-7,9-45H,3,8H2,1-2,4H3/b9-5-,19-6-,48-20+. The summed E-state index contributed by atoms with van der Waals surface area (Å²) in [4.78, 5) is 8.48. The van der Waals surface area contributed by atoms with Crippen LogP contribution in [0.15, 0.2) is 249 Å². The van der Waals surface area contributed by atoms with Crippen molar-refractivity contribution in [3.8, 4) is 11.1 Å². The third kappa shape index (κ3) is 8.71. The van der Waals surface area contributed by atoms with E-state index in [1.54, 1.807) is 0 Å². The predicted octanol–water partition coefficient (Wildman–Crippen LogP) is 21.6. The van der Waals surface area contributed by atoms with Gasteiger partial charge in [0.05, 0.1) is 0 Å². The summed E-state index contributed by atoms with van der Waals surface area (Å²) in [6.07, 6.45) is 13.7. The summed E-state index contributed by atoms with van der Waals surface area (Å²) in [5.41, 5.74) is 13.6. The van der Waals surface area contributed by atoms with E-state index in [9.17, 15) is 0 Å². The Morgan fingerprint density at radius 1 is 0.419 bits per heavy atom. The molecule has 9 aromatic carbocycles. The number of fused-ring (bicyclic) bond motifs is 7. The van der Waals surface area contributed by atoms with Crippen LogP contribution in [0.1, 0.15) is 31.2 Å². The van der Waals surface area contributed by atoms with Crippen LogP contribution in [-0.4, -0.2) is 0 Å². The summed E-state index contributed by atoms with van der Waals surface area (Å²) in [6, 6.07) is 75.6. The van der Waals surface area contributed by atoms with Crippen LogP contribution in [-0.2, 0) is 6.42 Å². The number of thiophene rings is 3. The number of aryl methyl sites for hydroxylation is 1. The number of rotatable bonds is 14. The highest BCUT2D eigenvalue weighted by molar-refractivity contribution is 7.26. The molecule has 0 unspecified atom stereocenters. The molecule has 12 rings (SSSR count). The van der Waals surface area contributed by atoms with E-state index < -0.39 is 0 Å². The number of hydrogen-bond acceptors (Lipinski definition) is 6. The van der Waals surface area contributed by atoms with Crippen molar-refractivity contribution in [1.82, 2.24) is 0 Å².